The molecule has 0 heterocycles. The molecular weight excluding hydrogens is 190 g/mol. The number of rotatable bonds is 5. The van der Waals surface area contributed by atoms with Gasteiger partial charge in [0.25, 0.3) is 0 Å². The quantitative estimate of drug-likeness (QED) is 0.563. The van der Waals surface area contributed by atoms with Crippen molar-refractivity contribution >= 4 is 5.97 Å². The molecule has 0 radical (unpaired) electrons. The Hall–Kier alpha value is -1.79. The lowest BCUT2D eigenvalue weighted by Crippen LogP contribution is -2.14. The van der Waals surface area contributed by atoms with Gasteiger partial charge in [-0.1, -0.05) is 12.1 Å². The Morgan fingerprint density at radius 3 is 2.60 bits per heavy atom. The first kappa shape index (κ1) is 11.3. The van der Waals surface area contributed by atoms with Crippen molar-refractivity contribution in [2.75, 3.05) is 6.54 Å². The fraction of sp³-hybridized carbons (Fsp3) is 0.250. The van der Waals surface area contributed by atoms with Crippen molar-refractivity contribution in [2.24, 2.45) is 0 Å². The highest BCUT2D eigenvalue weighted by Crippen LogP contribution is 2.03. The molecule has 0 bridgehead atoms. The minimum Gasteiger partial charge on any atom is -0.478 e. The maximum absolute atomic E-state index is 10.6. The van der Waals surface area contributed by atoms with Crippen molar-refractivity contribution in [1.29, 1.82) is 0 Å². The number of carboxylic acid groups (broad SMARTS) is 1. The fourth-order valence-electron chi connectivity index (χ4n) is 1.16. The van der Waals surface area contributed by atoms with Crippen LogP contribution in [0.4, 0.5) is 0 Å². The third-order valence-corrected chi connectivity index (χ3v) is 1.98. The van der Waals surface area contributed by atoms with Gasteiger partial charge in [0, 0.05) is 19.5 Å². The zero-order valence-electron chi connectivity index (χ0n) is 8.36. The first-order valence-electron chi connectivity index (χ1n) is 4.70. The smallest absolute Gasteiger partial charge is 0.335 e. The number of hydrogen-bond acceptors (Lipinski definition) is 2. The highest BCUT2D eigenvalue weighted by Gasteiger charge is 2.00. The molecule has 0 aliphatic rings. The summed E-state index contributed by atoms with van der Waals surface area (Å²) in [5.41, 5.74) is 1.36. The molecule has 0 aromatic heterocycles. The summed E-state index contributed by atoms with van der Waals surface area (Å²) in [5.74, 6) is 1.64. The molecule has 0 atom stereocenters. The van der Waals surface area contributed by atoms with E-state index in [1.807, 2.05) is 0 Å². The van der Waals surface area contributed by atoms with E-state index >= 15 is 0 Å². The van der Waals surface area contributed by atoms with Crippen LogP contribution in [-0.2, 0) is 6.54 Å². The Morgan fingerprint density at radius 2 is 2.07 bits per heavy atom. The number of nitrogens with one attached hydrogen (secondary N) is 1. The van der Waals surface area contributed by atoms with E-state index in [9.17, 15) is 4.79 Å². The molecule has 0 aliphatic carbocycles. The van der Waals surface area contributed by atoms with Crippen molar-refractivity contribution < 1.29 is 9.90 Å². The molecule has 0 spiro atoms. The van der Waals surface area contributed by atoms with Gasteiger partial charge in [-0.05, 0) is 17.7 Å². The number of carbonyl (C=O) groups is 1. The second kappa shape index (κ2) is 5.84. The minimum absolute atomic E-state index is 0.308. The molecule has 78 valence electrons. The molecular formula is C12H13NO2. The summed E-state index contributed by atoms with van der Waals surface area (Å²) in [6.07, 6.45) is 5.81. The fourth-order valence-corrected chi connectivity index (χ4v) is 1.16. The van der Waals surface area contributed by atoms with Crippen molar-refractivity contribution in [3.05, 3.63) is 35.4 Å². The van der Waals surface area contributed by atoms with Crippen LogP contribution in [0.2, 0.25) is 0 Å². The van der Waals surface area contributed by atoms with E-state index in [1.165, 1.54) is 0 Å². The lowest BCUT2D eigenvalue weighted by Gasteiger charge is -2.03. The topological polar surface area (TPSA) is 49.3 Å². The normalized spacial score (nSPS) is 9.53. The molecule has 0 aliphatic heterocycles. The lowest BCUT2D eigenvalue weighted by molar-refractivity contribution is 0.0697. The molecule has 0 saturated heterocycles. The van der Waals surface area contributed by atoms with Gasteiger partial charge < -0.3 is 10.4 Å². The molecule has 3 heteroatoms. The van der Waals surface area contributed by atoms with Gasteiger partial charge in [0.15, 0.2) is 0 Å². The third kappa shape index (κ3) is 3.84. The van der Waals surface area contributed by atoms with E-state index in [0.717, 1.165) is 12.1 Å². The van der Waals surface area contributed by atoms with E-state index in [2.05, 4.69) is 11.2 Å². The van der Waals surface area contributed by atoms with E-state index in [0.29, 0.717) is 18.5 Å². The average molecular weight is 203 g/mol. The van der Waals surface area contributed by atoms with Gasteiger partial charge in [-0.15, -0.1) is 12.3 Å². The maximum Gasteiger partial charge on any atom is 0.335 e. The Balaban J connectivity index is 2.43. The number of carboxylic acids is 1. The van der Waals surface area contributed by atoms with Crippen LogP contribution in [0.5, 0.6) is 0 Å². The van der Waals surface area contributed by atoms with Crippen molar-refractivity contribution in [3.63, 3.8) is 0 Å². The molecule has 0 amide bonds. The summed E-state index contributed by atoms with van der Waals surface area (Å²) < 4.78 is 0. The van der Waals surface area contributed by atoms with E-state index in [-0.39, 0.29) is 0 Å². The largest absolute Gasteiger partial charge is 0.478 e. The first-order valence-corrected chi connectivity index (χ1v) is 4.70. The summed E-state index contributed by atoms with van der Waals surface area (Å²) in [6, 6.07) is 6.79. The number of terminal acetylenes is 1. The third-order valence-electron chi connectivity index (χ3n) is 1.98. The Labute approximate surface area is 89.1 Å². The van der Waals surface area contributed by atoms with Gasteiger partial charge in [-0.25, -0.2) is 4.79 Å². The van der Waals surface area contributed by atoms with Gasteiger partial charge >= 0.3 is 5.97 Å². The second-order valence-corrected chi connectivity index (χ2v) is 3.13. The number of benzene rings is 1. The molecule has 2 N–H and O–H groups in total. The van der Waals surface area contributed by atoms with Crippen LogP contribution in [0, 0.1) is 12.3 Å². The Kier molecular flexibility index (Phi) is 4.39. The van der Waals surface area contributed by atoms with E-state index < -0.39 is 5.97 Å². The van der Waals surface area contributed by atoms with Crippen LogP contribution in [0.15, 0.2) is 24.3 Å². The van der Waals surface area contributed by atoms with Gasteiger partial charge in [0.05, 0.1) is 5.56 Å². The van der Waals surface area contributed by atoms with Crippen LogP contribution >= 0.6 is 0 Å². The monoisotopic (exact) mass is 203 g/mol. The first-order chi connectivity index (χ1) is 7.24. The van der Waals surface area contributed by atoms with Gasteiger partial charge in [-0.3, -0.25) is 0 Å². The second-order valence-electron chi connectivity index (χ2n) is 3.13. The SMILES string of the molecule is C#CCCNCc1ccc(C(=O)O)cc1. The molecule has 15 heavy (non-hydrogen) atoms. The predicted octanol–water partition coefficient (Wildman–Crippen LogP) is 1.50. The van der Waals surface area contributed by atoms with Gasteiger partial charge in [-0.2, -0.15) is 0 Å². The number of hydrogen-bond donors (Lipinski definition) is 2. The minimum atomic E-state index is -0.901. The van der Waals surface area contributed by atoms with E-state index in [4.69, 9.17) is 11.5 Å². The van der Waals surface area contributed by atoms with Gasteiger partial charge in [0.1, 0.15) is 0 Å². The van der Waals surface area contributed by atoms with Crippen LogP contribution in [-0.4, -0.2) is 17.6 Å². The molecule has 1 aromatic carbocycles. The zero-order chi connectivity index (χ0) is 11.1. The van der Waals surface area contributed by atoms with Crippen LogP contribution in [0.3, 0.4) is 0 Å². The van der Waals surface area contributed by atoms with Crippen LogP contribution < -0.4 is 5.32 Å². The summed E-state index contributed by atoms with van der Waals surface area (Å²) in [5, 5.41) is 11.8. The average Bonchev–Trinajstić information content (AvgIpc) is 2.25. The van der Waals surface area contributed by atoms with Crippen molar-refractivity contribution in [2.45, 2.75) is 13.0 Å². The van der Waals surface area contributed by atoms with Gasteiger partial charge in [0.2, 0.25) is 0 Å². The van der Waals surface area contributed by atoms with Crippen molar-refractivity contribution in [1.82, 2.24) is 5.32 Å². The van der Waals surface area contributed by atoms with E-state index in [1.54, 1.807) is 24.3 Å². The van der Waals surface area contributed by atoms with Crippen molar-refractivity contribution in [3.8, 4) is 12.3 Å². The summed E-state index contributed by atoms with van der Waals surface area (Å²) in [6.45, 7) is 1.48. The zero-order valence-corrected chi connectivity index (χ0v) is 8.36. The summed E-state index contributed by atoms with van der Waals surface area (Å²) in [7, 11) is 0. The molecule has 1 aromatic rings. The molecule has 0 fully saturated rings. The molecule has 3 nitrogen and oxygen atoms in total. The lowest BCUT2D eigenvalue weighted by atomic mass is 10.1. The van der Waals surface area contributed by atoms with Crippen LogP contribution in [0.1, 0.15) is 22.3 Å². The molecule has 0 saturated carbocycles. The molecule has 0 unspecified atom stereocenters. The predicted molar refractivity (Wildman–Crippen MR) is 58.6 cm³/mol. The highest BCUT2D eigenvalue weighted by molar-refractivity contribution is 5.87. The summed E-state index contributed by atoms with van der Waals surface area (Å²) >= 11 is 0. The Morgan fingerprint density at radius 1 is 1.40 bits per heavy atom. The standard InChI is InChI=1S/C12H13NO2/c1-2-3-8-13-9-10-4-6-11(7-5-10)12(14)15/h1,4-7,13H,3,8-9H2,(H,14,15). The maximum atomic E-state index is 10.6. The van der Waals surface area contributed by atoms with Crippen LogP contribution in [0.25, 0.3) is 0 Å². The summed E-state index contributed by atoms with van der Waals surface area (Å²) in [4.78, 5) is 10.6. The molecule has 1 rings (SSSR count). The highest BCUT2D eigenvalue weighted by atomic mass is 16.4. The number of aromatic carboxylic acids is 1. The Bertz CT molecular complexity index is 362.